The second-order valence-corrected chi connectivity index (χ2v) is 4.60. The predicted molar refractivity (Wildman–Crippen MR) is 79.9 cm³/mol. The summed E-state index contributed by atoms with van der Waals surface area (Å²) in [6, 6.07) is 9.78. The minimum Gasteiger partial charge on any atom is -0.494 e. The summed E-state index contributed by atoms with van der Waals surface area (Å²) in [6.07, 6.45) is 1.92. The van der Waals surface area contributed by atoms with Gasteiger partial charge in [-0.1, -0.05) is 25.1 Å². The van der Waals surface area contributed by atoms with E-state index in [9.17, 15) is 4.79 Å². The van der Waals surface area contributed by atoms with E-state index in [0.717, 1.165) is 31.7 Å². The van der Waals surface area contributed by atoms with Crippen LogP contribution >= 0.6 is 0 Å². The molecule has 0 heterocycles. The van der Waals surface area contributed by atoms with Crippen molar-refractivity contribution in [1.82, 2.24) is 4.90 Å². The molecule has 20 heavy (non-hydrogen) atoms. The van der Waals surface area contributed by atoms with Gasteiger partial charge in [0.2, 0.25) is 0 Å². The Morgan fingerprint density at radius 3 is 2.55 bits per heavy atom. The van der Waals surface area contributed by atoms with Gasteiger partial charge in [0.05, 0.1) is 19.8 Å². The molecule has 0 saturated carbocycles. The van der Waals surface area contributed by atoms with E-state index in [1.165, 1.54) is 0 Å². The number of carbonyl (C=O) groups excluding carboxylic acids is 1. The van der Waals surface area contributed by atoms with Gasteiger partial charge in [-0.25, -0.2) is 0 Å². The number of para-hydroxylation sites is 1. The van der Waals surface area contributed by atoms with Crippen molar-refractivity contribution in [3.63, 3.8) is 0 Å². The van der Waals surface area contributed by atoms with Crippen LogP contribution in [0.15, 0.2) is 30.3 Å². The van der Waals surface area contributed by atoms with Crippen LogP contribution in [0.2, 0.25) is 0 Å². The summed E-state index contributed by atoms with van der Waals surface area (Å²) in [5, 5.41) is 0. The monoisotopic (exact) mass is 279 g/mol. The van der Waals surface area contributed by atoms with E-state index >= 15 is 0 Å². The van der Waals surface area contributed by atoms with Gasteiger partial charge < -0.3 is 9.47 Å². The molecule has 0 unspecified atom stereocenters. The zero-order chi connectivity index (χ0) is 14.6. The van der Waals surface area contributed by atoms with Crippen molar-refractivity contribution in [1.29, 1.82) is 0 Å². The first-order valence-electron chi connectivity index (χ1n) is 7.32. The Morgan fingerprint density at radius 1 is 1.15 bits per heavy atom. The van der Waals surface area contributed by atoms with Crippen molar-refractivity contribution in [2.45, 2.75) is 26.7 Å². The topological polar surface area (TPSA) is 38.8 Å². The van der Waals surface area contributed by atoms with Gasteiger partial charge in [0.25, 0.3) is 0 Å². The molecule has 1 aromatic rings. The summed E-state index contributed by atoms with van der Waals surface area (Å²) in [4.78, 5) is 13.6. The quantitative estimate of drug-likeness (QED) is 0.487. The van der Waals surface area contributed by atoms with Crippen LogP contribution in [-0.4, -0.2) is 43.7 Å². The summed E-state index contributed by atoms with van der Waals surface area (Å²) in [7, 11) is 0. The van der Waals surface area contributed by atoms with E-state index in [-0.39, 0.29) is 5.97 Å². The Hall–Kier alpha value is -1.55. The molecular weight excluding hydrogens is 254 g/mol. The Labute approximate surface area is 121 Å². The first-order valence-corrected chi connectivity index (χ1v) is 7.32. The molecule has 0 aromatic heterocycles. The molecule has 0 atom stereocenters. The van der Waals surface area contributed by atoms with E-state index < -0.39 is 0 Å². The van der Waals surface area contributed by atoms with E-state index in [1.807, 2.05) is 37.3 Å². The molecule has 0 aliphatic carbocycles. The Balaban J connectivity index is 2.23. The van der Waals surface area contributed by atoms with E-state index in [0.29, 0.717) is 19.8 Å². The van der Waals surface area contributed by atoms with Crippen LogP contribution in [0.4, 0.5) is 0 Å². The molecule has 0 amide bonds. The van der Waals surface area contributed by atoms with Gasteiger partial charge in [-0.2, -0.15) is 0 Å². The van der Waals surface area contributed by atoms with Gasteiger partial charge in [-0.05, 0) is 38.4 Å². The van der Waals surface area contributed by atoms with Crippen LogP contribution in [-0.2, 0) is 9.53 Å². The van der Waals surface area contributed by atoms with Gasteiger partial charge in [-0.3, -0.25) is 9.69 Å². The Kier molecular flexibility index (Phi) is 8.47. The van der Waals surface area contributed by atoms with Crippen LogP contribution in [0.1, 0.15) is 26.7 Å². The molecule has 0 aliphatic rings. The van der Waals surface area contributed by atoms with Crippen molar-refractivity contribution in [3.8, 4) is 5.75 Å². The average molecular weight is 279 g/mol. The van der Waals surface area contributed by atoms with Gasteiger partial charge in [0.15, 0.2) is 0 Å². The van der Waals surface area contributed by atoms with Crippen LogP contribution in [0.25, 0.3) is 0 Å². The Morgan fingerprint density at radius 2 is 1.90 bits per heavy atom. The summed E-state index contributed by atoms with van der Waals surface area (Å²) < 4.78 is 10.6. The molecular formula is C16H25NO3. The standard InChI is InChI=1S/C16H25NO3/c1-3-11-17(14-16(18)19-4-2)12-8-13-20-15-9-6-5-7-10-15/h5-7,9-10H,3-4,8,11-14H2,1-2H3. The van der Waals surface area contributed by atoms with Gasteiger partial charge in [0.1, 0.15) is 5.75 Å². The summed E-state index contributed by atoms with van der Waals surface area (Å²) >= 11 is 0. The van der Waals surface area contributed by atoms with E-state index in [4.69, 9.17) is 9.47 Å². The molecule has 1 aromatic carbocycles. The van der Waals surface area contributed by atoms with Crippen molar-refractivity contribution >= 4 is 5.97 Å². The fourth-order valence-corrected chi connectivity index (χ4v) is 1.97. The zero-order valence-electron chi connectivity index (χ0n) is 12.5. The maximum absolute atomic E-state index is 11.5. The smallest absolute Gasteiger partial charge is 0.320 e. The molecule has 0 radical (unpaired) electrons. The van der Waals surface area contributed by atoms with E-state index in [1.54, 1.807) is 0 Å². The fourth-order valence-electron chi connectivity index (χ4n) is 1.97. The molecule has 1 rings (SSSR count). The van der Waals surface area contributed by atoms with Crippen LogP contribution < -0.4 is 4.74 Å². The number of rotatable bonds is 10. The van der Waals surface area contributed by atoms with Gasteiger partial charge in [-0.15, -0.1) is 0 Å². The predicted octanol–water partition coefficient (Wildman–Crippen LogP) is 2.73. The lowest BCUT2D eigenvalue weighted by molar-refractivity contribution is -0.144. The number of esters is 1. The molecule has 0 aliphatic heterocycles. The highest BCUT2D eigenvalue weighted by molar-refractivity contribution is 5.71. The molecule has 112 valence electrons. The second-order valence-electron chi connectivity index (χ2n) is 4.60. The van der Waals surface area contributed by atoms with Crippen molar-refractivity contribution in [3.05, 3.63) is 30.3 Å². The third-order valence-electron chi connectivity index (χ3n) is 2.83. The van der Waals surface area contributed by atoms with Crippen molar-refractivity contribution in [2.24, 2.45) is 0 Å². The normalized spacial score (nSPS) is 10.6. The highest BCUT2D eigenvalue weighted by Crippen LogP contribution is 2.08. The lowest BCUT2D eigenvalue weighted by Crippen LogP contribution is -2.33. The van der Waals surface area contributed by atoms with Gasteiger partial charge >= 0.3 is 5.97 Å². The number of hydrogen-bond acceptors (Lipinski definition) is 4. The van der Waals surface area contributed by atoms with Crippen LogP contribution in [0, 0.1) is 0 Å². The molecule has 0 spiro atoms. The SMILES string of the molecule is CCCN(CCCOc1ccccc1)CC(=O)OCC. The molecule has 0 fully saturated rings. The number of hydrogen-bond donors (Lipinski definition) is 0. The fraction of sp³-hybridized carbons (Fsp3) is 0.562. The average Bonchev–Trinajstić information content (AvgIpc) is 2.45. The maximum atomic E-state index is 11.5. The van der Waals surface area contributed by atoms with Gasteiger partial charge in [0, 0.05) is 6.54 Å². The van der Waals surface area contributed by atoms with Crippen molar-refractivity contribution in [2.75, 3.05) is 32.8 Å². The minimum atomic E-state index is -0.148. The maximum Gasteiger partial charge on any atom is 0.320 e. The number of carbonyl (C=O) groups is 1. The highest BCUT2D eigenvalue weighted by Gasteiger charge is 2.10. The molecule has 4 nitrogen and oxygen atoms in total. The van der Waals surface area contributed by atoms with E-state index in [2.05, 4.69) is 11.8 Å². The number of ether oxygens (including phenoxy) is 2. The third-order valence-corrected chi connectivity index (χ3v) is 2.83. The lowest BCUT2D eigenvalue weighted by Gasteiger charge is -2.20. The Bertz CT molecular complexity index is 367. The first kappa shape index (κ1) is 16.5. The third kappa shape index (κ3) is 7.14. The summed E-state index contributed by atoms with van der Waals surface area (Å²) in [6.45, 7) is 7.16. The summed E-state index contributed by atoms with van der Waals surface area (Å²) in [5.74, 6) is 0.741. The number of nitrogens with zero attached hydrogens (tertiary/aromatic N) is 1. The molecule has 0 bridgehead atoms. The van der Waals surface area contributed by atoms with Crippen molar-refractivity contribution < 1.29 is 14.3 Å². The minimum absolute atomic E-state index is 0.148. The molecule has 0 N–H and O–H groups in total. The highest BCUT2D eigenvalue weighted by atomic mass is 16.5. The van der Waals surface area contributed by atoms with Crippen LogP contribution in [0.5, 0.6) is 5.75 Å². The zero-order valence-corrected chi connectivity index (χ0v) is 12.5. The first-order chi connectivity index (χ1) is 9.76. The molecule has 4 heteroatoms. The summed E-state index contributed by atoms with van der Waals surface area (Å²) in [5.41, 5.74) is 0. The second kappa shape index (κ2) is 10.3. The van der Waals surface area contributed by atoms with Crippen LogP contribution in [0.3, 0.4) is 0 Å². The lowest BCUT2D eigenvalue weighted by atomic mass is 10.3. The molecule has 0 saturated heterocycles. The number of benzene rings is 1. The largest absolute Gasteiger partial charge is 0.494 e.